The monoisotopic (exact) mass is 420 g/mol. The molecule has 2 aromatic rings. The van der Waals surface area contributed by atoms with Crippen molar-refractivity contribution >= 4 is 50.6 Å². The van der Waals surface area contributed by atoms with Crippen LogP contribution in [0.3, 0.4) is 0 Å². The van der Waals surface area contributed by atoms with Crippen LogP contribution in [0.4, 0.5) is 5.69 Å². The summed E-state index contributed by atoms with van der Waals surface area (Å²) >= 11 is 8.16. The molecule has 0 spiro atoms. The van der Waals surface area contributed by atoms with Gasteiger partial charge in [-0.3, -0.25) is 10.2 Å². The minimum absolute atomic E-state index is 0.106. The molecule has 25 heavy (non-hydrogen) atoms. The van der Waals surface area contributed by atoms with Gasteiger partial charge in [0.15, 0.2) is 10.9 Å². The number of anilines is 1. The zero-order valence-corrected chi connectivity index (χ0v) is 16.0. The molecule has 0 saturated heterocycles. The van der Waals surface area contributed by atoms with Gasteiger partial charge in [-0.2, -0.15) is 5.10 Å². The number of nitrogens with one attached hydrogen (secondary N) is 2. The van der Waals surface area contributed by atoms with Gasteiger partial charge in [-0.25, -0.2) is 0 Å². The molecule has 1 amide bonds. The normalized spacial score (nSPS) is 14.9. The summed E-state index contributed by atoms with van der Waals surface area (Å²) in [5.74, 6) is 0.793. The molecule has 0 bridgehead atoms. The molecule has 1 aromatic carbocycles. The lowest BCUT2D eigenvalue weighted by Gasteiger charge is -2.13. The first-order valence-electron chi connectivity index (χ1n) is 7.77. The first-order valence-corrected chi connectivity index (χ1v) is 8.97. The van der Waals surface area contributed by atoms with Crippen molar-refractivity contribution in [1.29, 1.82) is 0 Å². The molecule has 8 heteroatoms. The molecule has 1 aromatic heterocycles. The van der Waals surface area contributed by atoms with E-state index < -0.39 is 0 Å². The molecule has 4 N–H and O–H groups in total. The van der Waals surface area contributed by atoms with Crippen molar-refractivity contribution in [2.75, 3.05) is 5.32 Å². The molecule has 3 rings (SSSR count). The van der Waals surface area contributed by atoms with Crippen LogP contribution in [0, 0.1) is 6.92 Å². The quantitative estimate of drug-likeness (QED) is 0.521. The molecule has 1 aliphatic carbocycles. The Morgan fingerprint density at radius 3 is 2.72 bits per heavy atom. The third-order valence-electron chi connectivity index (χ3n) is 3.94. The van der Waals surface area contributed by atoms with Crippen molar-refractivity contribution in [3.63, 3.8) is 0 Å². The van der Waals surface area contributed by atoms with E-state index in [0.29, 0.717) is 11.4 Å². The molecule has 6 nitrogen and oxygen atoms in total. The van der Waals surface area contributed by atoms with Crippen LogP contribution in [0.25, 0.3) is 0 Å². The zero-order chi connectivity index (χ0) is 18.0. The van der Waals surface area contributed by atoms with E-state index >= 15 is 0 Å². The van der Waals surface area contributed by atoms with Gasteiger partial charge in [0, 0.05) is 27.7 Å². The van der Waals surface area contributed by atoms with Crippen LogP contribution in [0.2, 0.25) is 0 Å². The van der Waals surface area contributed by atoms with Gasteiger partial charge in [0.1, 0.15) is 5.76 Å². The number of benzene rings is 1. The number of nitrogens with zero attached hydrogens (tertiary/aromatic N) is 1. The predicted octanol–water partition coefficient (Wildman–Crippen LogP) is 3.48. The number of halogens is 1. The van der Waals surface area contributed by atoms with Crippen molar-refractivity contribution in [1.82, 2.24) is 5.43 Å². The van der Waals surface area contributed by atoms with E-state index in [-0.39, 0.29) is 11.0 Å². The first-order chi connectivity index (χ1) is 12.0. The number of hydrogen-bond acceptors (Lipinski definition) is 4. The van der Waals surface area contributed by atoms with Gasteiger partial charge in [0.2, 0.25) is 0 Å². The van der Waals surface area contributed by atoms with Crippen molar-refractivity contribution in [3.05, 3.63) is 51.4 Å². The van der Waals surface area contributed by atoms with Gasteiger partial charge >= 0.3 is 0 Å². The number of hydrogen-bond donors (Lipinski definition) is 3. The smallest absolute Gasteiger partial charge is 0.291 e. The van der Waals surface area contributed by atoms with E-state index in [1.165, 1.54) is 0 Å². The van der Waals surface area contributed by atoms with Crippen LogP contribution in [-0.2, 0) is 6.42 Å². The lowest BCUT2D eigenvalue weighted by molar-refractivity contribution is 0.0994. The number of hydrazone groups is 1. The van der Waals surface area contributed by atoms with Gasteiger partial charge < -0.3 is 15.5 Å². The van der Waals surface area contributed by atoms with E-state index in [9.17, 15) is 4.79 Å². The number of nitrogens with two attached hydrogens (primary N) is 1. The fourth-order valence-electron chi connectivity index (χ4n) is 2.84. The molecule has 1 aliphatic rings. The summed E-state index contributed by atoms with van der Waals surface area (Å²) < 4.78 is 6.78. The number of fused-ring (bicyclic) bond motifs is 1. The van der Waals surface area contributed by atoms with Crippen LogP contribution < -0.4 is 16.5 Å². The highest BCUT2D eigenvalue weighted by Gasteiger charge is 2.28. The maximum absolute atomic E-state index is 12.6. The lowest BCUT2D eigenvalue weighted by atomic mass is 9.93. The summed E-state index contributed by atoms with van der Waals surface area (Å²) in [4.78, 5) is 12.6. The molecule has 0 saturated carbocycles. The van der Waals surface area contributed by atoms with Gasteiger partial charge in [0.25, 0.3) is 5.91 Å². The second-order valence-corrected chi connectivity index (χ2v) is 7.06. The van der Waals surface area contributed by atoms with Crippen molar-refractivity contribution in [2.45, 2.75) is 26.2 Å². The first kappa shape index (κ1) is 17.6. The SMILES string of the molecule is Cc1c(C(=O)Nc2ccc(Br)cc2)oc2c1/C(=N/NC(N)=S)CCC2. The molecular weight excluding hydrogens is 404 g/mol. The van der Waals surface area contributed by atoms with E-state index in [2.05, 4.69) is 31.8 Å². The second kappa shape index (κ2) is 7.37. The van der Waals surface area contributed by atoms with E-state index in [1.807, 2.05) is 31.2 Å². The summed E-state index contributed by atoms with van der Waals surface area (Å²) in [6, 6.07) is 7.36. The summed E-state index contributed by atoms with van der Waals surface area (Å²) in [5.41, 5.74) is 11.2. The largest absolute Gasteiger partial charge is 0.455 e. The molecule has 0 fully saturated rings. The lowest BCUT2D eigenvalue weighted by Crippen LogP contribution is -2.26. The maximum Gasteiger partial charge on any atom is 0.291 e. The Bertz CT molecular complexity index is 858. The van der Waals surface area contributed by atoms with Crippen LogP contribution in [0.5, 0.6) is 0 Å². The highest BCUT2D eigenvalue weighted by Crippen LogP contribution is 2.30. The topological polar surface area (TPSA) is 92.6 Å². The second-order valence-electron chi connectivity index (χ2n) is 5.70. The zero-order valence-electron chi connectivity index (χ0n) is 13.6. The van der Waals surface area contributed by atoms with Gasteiger partial charge in [-0.1, -0.05) is 15.9 Å². The minimum atomic E-state index is -0.282. The molecule has 0 unspecified atom stereocenters. The van der Waals surface area contributed by atoms with E-state index in [0.717, 1.165) is 46.3 Å². The standard InChI is InChI=1S/C17H17BrN4O2S/c1-9-14-12(21-22-17(19)25)3-2-4-13(14)24-15(9)16(23)20-11-7-5-10(18)6-8-11/h5-8H,2-4H2,1H3,(H,20,23)(H3,19,22,25)/b21-12+. The predicted molar refractivity (Wildman–Crippen MR) is 105 cm³/mol. The highest BCUT2D eigenvalue weighted by atomic mass is 79.9. The average Bonchev–Trinajstić information content (AvgIpc) is 2.93. The molecule has 0 aliphatic heterocycles. The fourth-order valence-corrected chi connectivity index (χ4v) is 3.15. The number of amides is 1. The molecule has 130 valence electrons. The Hall–Kier alpha value is -2.19. The van der Waals surface area contributed by atoms with E-state index in [4.69, 9.17) is 22.4 Å². The van der Waals surface area contributed by atoms with Crippen molar-refractivity contribution < 1.29 is 9.21 Å². The Balaban J connectivity index is 1.88. The summed E-state index contributed by atoms with van der Waals surface area (Å²) in [7, 11) is 0. The average molecular weight is 421 g/mol. The number of carbonyl (C=O) groups is 1. The summed E-state index contributed by atoms with van der Waals surface area (Å²) in [6.07, 6.45) is 2.44. The molecular formula is C17H17BrN4O2S. The summed E-state index contributed by atoms with van der Waals surface area (Å²) in [5, 5.41) is 7.21. The Morgan fingerprint density at radius 2 is 2.04 bits per heavy atom. The summed E-state index contributed by atoms with van der Waals surface area (Å²) in [6.45, 7) is 1.86. The molecule has 1 heterocycles. The molecule has 0 atom stereocenters. The van der Waals surface area contributed by atoms with Crippen LogP contribution in [0.15, 0.2) is 38.3 Å². The van der Waals surface area contributed by atoms with Gasteiger partial charge in [-0.15, -0.1) is 0 Å². The fraction of sp³-hybridized carbons (Fsp3) is 0.235. The third-order valence-corrected chi connectivity index (χ3v) is 4.56. The minimum Gasteiger partial charge on any atom is -0.455 e. The highest BCUT2D eigenvalue weighted by molar-refractivity contribution is 9.10. The number of thiocarbonyl (C=S) groups is 1. The van der Waals surface area contributed by atoms with Crippen molar-refractivity contribution in [3.8, 4) is 0 Å². The number of carbonyl (C=O) groups excluding carboxylic acids is 1. The Labute approximate surface area is 159 Å². The Kier molecular flexibility index (Phi) is 5.19. The van der Waals surface area contributed by atoms with E-state index in [1.54, 1.807) is 0 Å². The van der Waals surface area contributed by atoms with Crippen LogP contribution in [0.1, 0.15) is 40.3 Å². The van der Waals surface area contributed by atoms with Gasteiger partial charge in [0.05, 0.1) is 5.71 Å². The maximum atomic E-state index is 12.6. The number of aryl methyl sites for hydroxylation is 1. The number of rotatable bonds is 3. The van der Waals surface area contributed by atoms with Gasteiger partial charge in [-0.05, 0) is 56.2 Å². The third kappa shape index (κ3) is 3.91. The Morgan fingerprint density at radius 1 is 1.32 bits per heavy atom. The van der Waals surface area contributed by atoms with Crippen LogP contribution >= 0.6 is 28.1 Å². The molecule has 0 radical (unpaired) electrons. The number of furan rings is 1. The van der Waals surface area contributed by atoms with Crippen molar-refractivity contribution in [2.24, 2.45) is 10.8 Å². The van der Waals surface area contributed by atoms with Crippen LogP contribution in [-0.4, -0.2) is 16.7 Å².